The zero-order valence-corrected chi connectivity index (χ0v) is 11.8. The molecule has 0 spiro atoms. The lowest BCUT2D eigenvalue weighted by molar-refractivity contribution is 0.388. The van der Waals surface area contributed by atoms with Crippen LogP contribution in [0.1, 0.15) is 35.2 Å². The van der Waals surface area contributed by atoms with Gasteiger partial charge in [-0.2, -0.15) is 0 Å². The number of rotatable bonds is 0. The van der Waals surface area contributed by atoms with Gasteiger partial charge in [0.15, 0.2) is 0 Å². The van der Waals surface area contributed by atoms with Crippen molar-refractivity contribution in [2.75, 3.05) is 0 Å². The van der Waals surface area contributed by atoms with Gasteiger partial charge in [-0.3, -0.25) is 5.32 Å². The fourth-order valence-corrected chi connectivity index (χ4v) is 3.92. The van der Waals surface area contributed by atoms with Crippen molar-refractivity contribution < 1.29 is 0 Å². The van der Waals surface area contributed by atoms with Gasteiger partial charge < -0.3 is 0 Å². The van der Waals surface area contributed by atoms with Gasteiger partial charge in [0.25, 0.3) is 0 Å². The van der Waals surface area contributed by atoms with Gasteiger partial charge in [-0.25, -0.2) is 0 Å². The van der Waals surface area contributed by atoms with Gasteiger partial charge >= 0.3 is 0 Å². The summed E-state index contributed by atoms with van der Waals surface area (Å²) in [5.41, 5.74) is 5.76. The highest BCUT2D eigenvalue weighted by molar-refractivity contribution is 9.10. The second-order valence-corrected chi connectivity index (χ2v) is 6.33. The zero-order valence-electron chi connectivity index (χ0n) is 10.2. The van der Waals surface area contributed by atoms with Crippen LogP contribution in [0, 0.1) is 0 Å². The predicted molar refractivity (Wildman–Crippen MR) is 76.6 cm³/mol. The average molecular weight is 300 g/mol. The first-order valence-electron chi connectivity index (χ1n) is 6.34. The van der Waals surface area contributed by atoms with E-state index in [1.807, 2.05) is 0 Å². The van der Waals surface area contributed by atoms with Crippen LogP contribution in [0.2, 0.25) is 0 Å². The molecule has 90 valence electrons. The van der Waals surface area contributed by atoms with Crippen LogP contribution in [0.5, 0.6) is 0 Å². The maximum Gasteiger partial charge on any atom is 0.0673 e. The summed E-state index contributed by atoms with van der Waals surface area (Å²) < 4.78 is 1.16. The summed E-state index contributed by atoms with van der Waals surface area (Å²) in [5, 5.41) is 3.79. The minimum absolute atomic E-state index is 0.0291. The Morgan fingerprint density at radius 3 is 2.89 bits per heavy atom. The Morgan fingerprint density at radius 1 is 1.17 bits per heavy atom. The van der Waals surface area contributed by atoms with E-state index in [0.29, 0.717) is 6.04 Å². The zero-order chi connectivity index (χ0) is 12.3. The van der Waals surface area contributed by atoms with Gasteiger partial charge in [0.05, 0.1) is 5.54 Å². The second-order valence-electron chi connectivity index (χ2n) is 5.41. The van der Waals surface area contributed by atoms with Gasteiger partial charge in [-0.05, 0) is 47.7 Å². The molecule has 0 aromatic heterocycles. The molecule has 0 fully saturated rings. The molecule has 1 nitrogen and oxygen atoms in total. The standard InChI is InChI=1S/C16H14BrN/c1-16-13-5-3-2-4-12(13)15(18-16)8-10-6-7-11(17)9-14(10)16/h2-7,9,15,18H,8H2,1H3/t15-,16-/m1/s1. The Bertz CT molecular complexity index is 649. The van der Waals surface area contributed by atoms with Crippen LogP contribution >= 0.6 is 15.9 Å². The van der Waals surface area contributed by atoms with Gasteiger partial charge in [0.2, 0.25) is 0 Å². The molecule has 0 aliphatic carbocycles. The number of nitrogens with one attached hydrogen (secondary N) is 1. The minimum Gasteiger partial charge on any atom is -0.297 e. The quantitative estimate of drug-likeness (QED) is 0.778. The van der Waals surface area contributed by atoms with E-state index < -0.39 is 0 Å². The van der Waals surface area contributed by atoms with Crippen LogP contribution < -0.4 is 5.32 Å². The van der Waals surface area contributed by atoms with E-state index in [-0.39, 0.29) is 5.54 Å². The molecule has 18 heavy (non-hydrogen) atoms. The molecule has 4 rings (SSSR count). The number of hydrogen-bond donors (Lipinski definition) is 1. The maximum atomic E-state index is 3.79. The van der Waals surface area contributed by atoms with Crippen LogP contribution in [-0.4, -0.2) is 0 Å². The van der Waals surface area contributed by atoms with Crippen molar-refractivity contribution in [3.05, 3.63) is 69.2 Å². The molecular formula is C16H14BrN. The Kier molecular flexibility index (Phi) is 2.07. The molecule has 2 aromatic rings. The highest BCUT2D eigenvalue weighted by Crippen LogP contribution is 2.48. The molecule has 2 atom stereocenters. The maximum absolute atomic E-state index is 3.79. The molecule has 2 heteroatoms. The molecule has 1 N–H and O–H groups in total. The normalized spacial score (nSPS) is 27.8. The van der Waals surface area contributed by atoms with Gasteiger partial charge in [-0.1, -0.05) is 46.3 Å². The van der Waals surface area contributed by atoms with Crippen LogP contribution in [0.4, 0.5) is 0 Å². The third kappa shape index (κ3) is 1.25. The summed E-state index contributed by atoms with van der Waals surface area (Å²) in [6.07, 6.45) is 1.09. The fourth-order valence-electron chi connectivity index (χ4n) is 3.56. The highest BCUT2D eigenvalue weighted by Gasteiger charge is 2.45. The highest BCUT2D eigenvalue weighted by atomic mass is 79.9. The van der Waals surface area contributed by atoms with E-state index in [1.165, 1.54) is 22.3 Å². The first kappa shape index (κ1) is 10.8. The van der Waals surface area contributed by atoms with Crippen molar-refractivity contribution in [1.29, 1.82) is 0 Å². The fraction of sp³-hybridized carbons (Fsp3) is 0.250. The summed E-state index contributed by atoms with van der Waals surface area (Å²) in [6, 6.07) is 16.0. The van der Waals surface area contributed by atoms with Crippen molar-refractivity contribution in [3.8, 4) is 0 Å². The molecule has 2 heterocycles. The summed E-state index contributed by atoms with van der Waals surface area (Å²) >= 11 is 3.60. The number of benzene rings is 2. The Morgan fingerprint density at radius 2 is 2.00 bits per heavy atom. The smallest absolute Gasteiger partial charge is 0.0673 e. The Labute approximate surface area is 115 Å². The van der Waals surface area contributed by atoms with Crippen molar-refractivity contribution in [1.82, 2.24) is 5.32 Å². The van der Waals surface area contributed by atoms with Crippen LogP contribution in [0.15, 0.2) is 46.9 Å². The minimum atomic E-state index is -0.0291. The summed E-state index contributed by atoms with van der Waals surface area (Å²) in [4.78, 5) is 0. The van der Waals surface area contributed by atoms with E-state index in [9.17, 15) is 0 Å². The van der Waals surface area contributed by atoms with Gasteiger partial charge in [-0.15, -0.1) is 0 Å². The number of hydrogen-bond acceptors (Lipinski definition) is 1. The Balaban J connectivity index is 2.04. The first-order chi connectivity index (χ1) is 8.68. The lowest BCUT2D eigenvalue weighted by atomic mass is 9.82. The molecule has 2 aromatic carbocycles. The topological polar surface area (TPSA) is 12.0 Å². The Hall–Kier alpha value is -1.12. The monoisotopic (exact) mass is 299 g/mol. The SMILES string of the molecule is C[C@]12N[C@H](Cc3ccc(Br)cc31)c1ccccc12. The van der Waals surface area contributed by atoms with Gasteiger partial charge in [0, 0.05) is 10.5 Å². The molecule has 0 amide bonds. The van der Waals surface area contributed by atoms with E-state index in [1.54, 1.807) is 0 Å². The lowest BCUT2D eigenvalue weighted by Crippen LogP contribution is -2.41. The van der Waals surface area contributed by atoms with E-state index >= 15 is 0 Å². The molecule has 2 aliphatic heterocycles. The average Bonchev–Trinajstić information content (AvgIpc) is 2.62. The number of fused-ring (bicyclic) bond motifs is 7. The van der Waals surface area contributed by atoms with Crippen molar-refractivity contribution in [2.45, 2.75) is 24.9 Å². The molecule has 2 bridgehead atoms. The van der Waals surface area contributed by atoms with E-state index in [0.717, 1.165) is 10.9 Å². The molecule has 0 radical (unpaired) electrons. The molecule has 2 aliphatic rings. The van der Waals surface area contributed by atoms with Crippen molar-refractivity contribution in [3.63, 3.8) is 0 Å². The summed E-state index contributed by atoms with van der Waals surface area (Å²) in [5.74, 6) is 0. The second kappa shape index (κ2) is 3.46. The molecule has 0 unspecified atom stereocenters. The van der Waals surface area contributed by atoms with Crippen LogP contribution in [0.25, 0.3) is 0 Å². The third-order valence-corrected chi connectivity index (χ3v) is 4.87. The van der Waals surface area contributed by atoms with Crippen LogP contribution in [0.3, 0.4) is 0 Å². The van der Waals surface area contributed by atoms with Crippen LogP contribution in [-0.2, 0) is 12.0 Å². The third-order valence-electron chi connectivity index (χ3n) is 4.37. The predicted octanol–water partition coefficient (Wildman–Crippen LogP) is 3.91. The molecular weight excluding hydrogens is 286 g/mol. The van der Waals surface area contributed by atoms with E-state index in [4.69, 9.17) is 0 Å². The van der Waals surface area contributed by atoms with Gasteiger partial charge in [0.1, 0.15) is 0 Å². The largest absolute Gasteiger partial charge is 0.297 e. The molecule has 0 saturated carbocycles. The number of halogens is 1. The first-order valence-corrected chi connectivity index (χ1v) is 7.14. The lowest BCUT2D eigenvalue weighted by Gasteiger charge is -2.34. The summed E-state index contributed by atoms with van der Waals surface area (Å²) in [6.45, 7) is 2.30. The summed E-state index contributed by atoms with van der Waals surface area (Å²) in [7, 11) is 0. The van der Waals surface area contributed by atoms with Crippen molar-refractivity contribution >= 4 is 15.9 Å². The molecule has 0 saturated heterocycles. The van der Waals surface area contributed by atoms with E-state index in [2.05, 4.69) is 70.6 Å². The van der Waals surface area contributed by atoms with Crippen molar-refractivity contribution in [2.24, 2.45) is 0 Å².